The number of fused-ring (bicyclic) bond motifs is 1. The lowest BCUT2D eigenvalue weighted by Gasteiger charge is -2.27. The predicted octanol–water partition coefficient (Wildman–Crippen LogP) is 1.88. The van der Waals surface area contributed by atoms with E-state index in [1.807, 2.05) is 31.3 Å². The average Bonchev–Trinajstić information content (AvgIpc) is 3.03. The molecule has 0 radical (unpaired) electrons. The van der Waals surface area contributed by atoms with E-state index in [2.05, 4.69) is 64.0 Å². The molecule has 7 heteroatoms. The van der Waals surface area contributed by atoms with Crippen molar-refractivity contribution in [3.05, 3.63) is 65.2 Å². The molecule has 0 saturated heterocycles. The molecule has 2 heterocycles. The number of ether oxygens (including phenoxy) is 1. The monoisotopic (exact) mass is 392 g/mol. The van der Waals surface area contributed by atoms with Gasteiger partial charge in [-0.05, 0) is 37.1 Å². The van der Waals surface area contributed by atoms with E-state index in [0.717, 1.165) is 28.5 Å². The predicted molar refractivity (Wildman–Crippen MR) is 118 cm³/mol. The number of hydrogen-bond donors (Lipinski definition) is 4. The molecule has 29 heavy (non-hydrogen) atoms. The van der Waals surface area contributed by atoms with Crippen LogP contribution in [-0.2, 0) is 0 Å². The van der Waals surface area contributed by atoms with E-state index in [1.54, 1.807) is 0 Å². The maximum Gasteiger partial charge on any atom is 0.230 e. The zero-order chi connectivity index (χ0) is 20.4. The molecule has 2 aliphatic rings. The van der Waals surface area contributed by atoms with Crippen LogP contribution in [0.5, 0.6) is 5.75 Å². The van der Waals surface area contributed by atoms with Crippen LogP contribution in [0.3, 0.4) is 0 Å². The molecule has 2 aliphatic heterocycles. The van der Waals surface area contributed by atoms with E-state index in [-0.39, 0.29) is 12.6 Å². The summed E-state index contributed by atoms with van der Waals surface area (Å²) in [6, 6.07) is 14.3. The molecule has 5 N–H and O–H groups in total. The van der Waals surface area contributed by atoms with Crippen LogP contribution in [0.15, 0.2) is 53.5 Å². The number of nitrogens with one attached hydrogen (secondary N) is 3. The van der Waals surface area contributed by atoms with Gasteiger partial charge in [0.05, 0.1) is 12.2 Å². The second-order valence-electron chi connectivity index (χ2n) is 7.34. The zero-order valence-electron chi connectivity index (χ0n) is 17.1. The van der Waals surface area contributed by atoms with Crippen molar-refractivity contribution >= 4 is 17.2 Å². The number of benzene rings is 2. The lowest BCUT2D eigenvalue weighted by atomic mass is 10.00. The largest absolute Gasteiger partial charge is 0.455 e. The molecule has 0 bridgehead atoms. The summed E-state index contributed by atoms with van der Waals surface area (Å²) in [6.07, 6.45) is 1.46. The highest BCUT2D eigenvalue weighted by Crippen LogP contribution is 2.34. The summed E-state index contributed by atoms with van der Waals surface area (Å²) in [7, 11) is 2.02. The van der Waals surface area contributed by atoms with Gasteiger partial charge in [-0.3, -0.25) is 16.0 Å². The van der Waals surface area contributed by atoms with E-state index in [0.29, 0.717) is 13.1 Å². The van der Waals surface area contributed by atoms with Gasteiger partial charge in [0.25, 0.3) is 0 Å². The summed E-state index contributed by atoms with van der Waals surface area (Å²) in [5.74, 6) is 1.67. The lowest BCUT2D eigenvalue weighted by Crippen LogP contribution is -2.54. The summed E-state index contributed by atoms with van der Waals surface area (Å²) in [5.41, 5.74) is 11.8. The number of para-hydroxylation sites is 2. The molecular formula is C22H28N6O. The van der Waals surface area contributed by atoms with Crippen molar-refractivity contribution in [1.82, 2.24) is 16.0 Å². The summed E-state index contributed by atoms with van der Waals surface area (Å²) >= 11 is 0. The van der Waals surface area contributed by atoms with E-state index < -0.39 is 0 Å². The first-order valence-electron chi connectivity index (χ1n) is 9.86. The minimum atomic E-state index is -0.375. The van der Waals surface area contributed by atoms with Crippen LogP contribution in [-0.4, -0.2) is 38.6 Å². The summed E-state index contributed by atoms with van der Waals surface area (Å²) < 4.78 is 5.94. The van der Waals surface area contributed by atoms with Crippen LogP contribution in [0.2, 0.25) is 0 Å². The maximum atomic E-state index is 6.13. The lowest BCUT2D eigenvalue weighted by molar-refractivity contribution is 0.191. The van der Waals surface area contributed by atoms with Gasteiger partial charge in [0, 0.05) is 30.9 Å². The fraction of sp³-hybridized carbons (Fsp3) is 0.318. The van der Waals surface area contributed by atoms with Crippen molar-refractivity contribution in [2.45, 2.75) is 26.5 Å². The summed E-state index contributed by atoms with van der Waals surface area (Å²) in [4.78, 5) is 6.75. The Morgan fingerprint density at radius 1 is 1.14 bits per heavy atom. The van der Waals surface area contributed by atoms with Gasteiger partial charge in [0.15, 0.2) is 6.29 Å². The number of nitrogens with two attached hydrogens (primary N) is 1. The van der Waals surface area contributed by atoms with Gasteiger partial charge in [-0.25, -0.2) is 0 Å². The normalized spacial score (nSPS) is 21.9. The molecule has 2 atom stereocenters. The highest BCUT2D eigenvalue weighted by molar-refractivity contribution is 6.00. The maximum absolute atomic E-state index is 6.13. The Labute approximate surface area is 171 Å². The summed E-state index contributed by atoms with van der Waals surface area (Å²) in [6.45, 7) is 5.53. The molecule has 2 unspecified atom stereocenters. The molecule has 0 spiro atoms. The van der Waals surface area contributed by atoms with Crippen molar-refractivity contribution in [1.29, 1.82) is 0 Å². The topological polar surface area (TPSA) is 86.9 Å². The highest BCUT2D eigenvalue weighted by atomic mass is 16.5. The van der Waals surface area contributed by atoms with Crippen molar-refractivity contribution < 1.29 is 4.74 Å². The third-order valence-electron chi connectivity index (χ3n) is 5.34. The molecule has 2 aromatic carbocycles. The molecule has 4 rings (SSSR count). The van der Waals surface area contributed by atoms with Crippen LogP contribution in [0.4, 0.5) is 5.69 Å². The van der Waals surface area contributed by atoms with Crippen molar-refractivity contribution in [2.24, 2.45) is 10.7 Å². The van der Waals surface area contributed by atoms with Crippen LogP contribution < -0.4 is 31.3 Å². The quantitative estimate of drug-likeness (QED) is 0.582. The number of hydrogen-bond acceptors (Lipinski definition) is 6. The molecule has 0 amide bonds. The number of rotatable bonds is 5. The second-order valence-corrected chi connectivity index (χ2v) is 7.34. The van der Waals surface area contributed by atoms with Gasteiger partial charge in [-0.1, -0.05) is 30.3 Å². The molecule has 0 aliphatic carbocycles. The van der Waals surface area contributed by atoms with E-state index in [1.165, 1.54) is 11.1 Å². The van der Waals surface area contributed by atoms with Crippen molar-refractivity contribution in [3.8, 4) is 5.75 Å². The minimum absolute atomic E-state index is 0.183. The first kappa shape index (κ1) is 19.3. The smallest absolute Gasteiger partial charge is 0.230 e. The number of nitrogens with zero attached hydrogens (tertiary/aromatic N) is 2. The Bertz CT molecular complexity index is 954. The molecular weight excluding hydrogens is 364 g/mol. The fourth-order valence-electron chi connectivity index (χ4n) is 3.59. The molecule has 7 nitrogen and oxygen atoms in total. The van der Waals surface area contributed by atoms with Gasteiger partial charge in [0.2, 0.25) is 6.35 Å². The molecule has 0 aromatic heterocycles. The third-order valence-corrected chi connectivity index (χ3v) is 5.34. The Hall–Kier alpha value is -3.03. The van der Waals surface area contributed by atoms with E-state index in [4.69, 9.17) is 10.5 Å². The fourth-order valence-corrected chi connectivity index (χ4v) is 3.59. The van der Waals surface area contributed by atoms with Gasteiger partial charge >= 0.3 is 0 Å². The third kappa shape index (κ3) is 4.06. The Morgan fingerprint density at radius 3 is 2.79 bits per heavy atom. The number of amidine groups is 1. The van der Waals surface area contributed by atoms with E-state index >= 15 is 0 Å². The standard InChI is InChI=1S/C22H28N6O/c1-14-7-6-8-16(15(14)2)17-13-20(27-21(23)26-17)24-11-12-25-22-28(3)18-9-4-5-10-19(18)29-22/h4-10,13,21-22,25-26H,11-12,23H2,1-3H3,(H,24,27). The van der Waals surface area contributed by atoms with Gasteiger partial charge < -0.3 is 20.3 Å². The molecule has 0 saturated carbocycles. The average molecular weight is 393 g/mol. The molecule has 2 aromatic rings. The Kier molecular flexibility index (Phi) is 5.42. The zero-order valence-corrected chi connectivity index (χ0v) is 17.1. The SMILES string of the molecule is Cc1cccc(C2=CC(=NCCNC3Oc4ccccc4N3C)NC(N)N2)c1C. The number of aliphatic imine (C=N–C) groups is 1. The first-order chi connectivity index (χ1) is 14.0. The van der Waals surface area contributed by atoms with E-state index in [9.17, 15) is 0 Å². The van der Waals surface area contributed by atoms with Gasteiger partial charge in [-0.15, -0.1) is 0 Å². The molecule has 0 fully saturated rings. The van der Waals surface area contributed by atoms with Gasteiger partial charge in [0.1, 0.15) is 11.6 Å². The second kappa shape index (κ2) is 8.14. The van der Waals surface area contributed by atoms with Crippen LogP contribution >= 0.6 is 0 Å². The summed E-state index contributed by atoms with van der Waals surface area (Å²) in [5, 5.41) is 9.85. The molecule has 152 valence electrons. The van der Waals surface area contributed by atoms with Crippen molar-refractivity contribution in [3.63, 3.8) is 0 Å². The van der Waals surface area contributed by atoms with Crippen molar-refractivity contribution in [2.75, 3.05) is 25.0 Å². The Morgan fingerprint density at radius 2 is 1.97 bits per heavy atom. The Balaban J connectivity index is 1.39. The highest BCUT2D eigenvalue weighted by Gasteiger charge is 2.26. The van der Waals surface area contributed by atoms with Crippen LogP contribution in [0.1, 0.15) is 16.7 Å². The number of anilines is 1. The number of aryl methyl sites for hydroxylation is 1. The minimum Gasteiger partial charge on any atom is -0.455 e. The van der Waals surface area contributed by atoms with Crippen LogP contribution in [0, 0.1) is 13.8 Å². The van der Waals surface area contributed by atoms with Crippen LogP contribution in [0.25, 0.3) is 5.70 Å². The van der Waals surface area contributed by atoms with Gasteiger partial charge in [-0.2, -0.15) is 0 Å². The first-order valence-corrected chi connectivity index (χ1v) is 9.86.